The van der Waals surface area contributed by atoms with Crippen LogP contribution in [0.15, 0.2) is 28.7 Å². The molecule has 0 bridgehead atoms. The van der Waals surface area contributed by atoms with E-state index >= 15 is 0 Å². The number of aliphatic hydroxyl groups is 1. The predicted octanol–water partition coefficient (Wildman–Crippen LogP) is 1.55. The smallest absolute Gasteiger partial charge is 0.104 e. The van der Waals surface area contributed by atoms with Gasteiger partial charge in [-0.3, -0.25) is 0 Å². The molecule has 0 amide bonds. The summed E-state index contributed by atoms with van der Waals surface area (Å²) in [5, 5.41) is 17.1. The molecule has 3 N–H and O–H groups in total. The maximum absolute atomic E-state index is 8.90. The van der Waals surface area contributed by atoms with Gasteiger partial charge in [-0.15, -0.1) is 5.10 Å². The van der Waals surface area contributed by atoms with Gasteiger partial charge in [0.25, 0.3) is 0 Å². The Labute approximate surface area is 114 Å². The highest BCUT2D eigenvalue weighted by atomic mass is 79.9. The van der Waals surface area contributed by atoms with Gasteiger partial charge in [-0.25, -0.2) is 4.68 Å². The zero-order valence-corrected chi connectivity index (χ0v) is 11.5. The van der Waals surface area contributed by atoms with Crippen molar-refractivity contribution < 1.29 is 5.11 Å². The van der Waals surface area contributed by atoms with Gasteiger partial charge in [0.05, 0.1) is 5.69 Å². The van der Waals surface area contributed by atoms with Crippen molar-refractivity contribution in [1.29, 1.82) is 0 Å². The van der Waals surface area contributed by atoms with Crippen molar-refractivity contribution >= 4 is 15.9 Å². The lowest BCUT2D eigenvalue weighted by Gasteiger charge is -2.07. The Hall–Kier alpha value is -1.24. The van der Waals surface area contributed by atoms with Crippen LogP contribution in [0.1, 0.15) is 12.1 Å². The molecule has 2 aromatic rings. The zero-order chi connectivity index (χ0) is 13.0. The summed E-state index contributed by atoms with van der Waals surface area (Å²) in [6.45, 7) is 1.12. The van der Waals surface area contributed by atoms with Crippen molar-refractivity contribution in [3.8, 4) is 11.3 Å². The first-order valence-corrected chi connectivity index (χ1v) is 6.54. The maximum Gasteiger partial charge on any atom is 0.104 e. The number of benzene rings is 1. The van der Waals surface area contributed by atoms with E-state index in [0.29, 0.717) is 19.5 Å². The molecular formula is C12H15BrN4O. The Balaban J connectivity index is 2.39. The number of hydrogen-bond acceptors (Lipinski definition) is 4. The lowest BCUT2D eigenvalue weighted by atomic mass is 10.1. The molecule has 0 unspecified atom stereocenters. The van der Waals surface area contributed by atoms with E-state index in [9.17, 15) is 0 Å². The summed E-state index contributed by atoms with van der Waals surface area (Å²) < 4.78 is 2.82. The van der Waals surface area contributed by atoms with Gasteiger partial charge in [-0.1, -0.05) is 33.3 Å². The number of halogens is 1. The van der Waals surface area contributed by atoms with Gasteiger partial charge in [0.1, 0.15) is 5.69 Å². The second kappa shape index (κ2) is 6.08. The van der Waals surface area contributed by atoms with Gasteiger partial charge < -0.3 is 10.8 Å². The molecule has 2 rings (SSSR count). The summed E-state index contributed by atoms with van der Waals surface area (Å²) in [5.41, 5.74) is 8.42. The molecule has 1 aromatic heterocycles. The lowest BCUT2D eigenvalue weighted by molar-refractivity contribution is 0.276. The van der Waals surface area contributed by atoms with Crippen molar-refractivity contribution in [3.63, 3.8) is 0 Å². The molecule has 0 spiro atoms. The first-order valence-electron chi connectivity index (χ1n) is 5.75. The summed E-state index contributed by atoms with van der Waals surface area (Å²) in [7, 11) is 0. The van der Waals surface area contributed by atoms with Gasteiger partial charge in [0.2, 0.25) is 0 Å². The highest BCUT2D eigenvalue weighted by Crippen LogP contribution is 2.24. The van der Waals surface area contributed by atoms with Crippen molar-refractivity contribution in [2.24, 2.45) is 5.73 Å². The van der Waals surface area contributed by atoms with E-state index in [4.69, 9.17) is 10.8 Å². The molecular weight excluding hydrogens is 296 g/mol. The number of aryl methyl sites for hydroxylation is 1. The molecule has 0 aliphatic heterocycles. The molecule has 0 aliphatic carbocycles. The minimum Gasteiger partial charge on any atom is -0.396 e. The molecule has 0 radical (unpaired) electrons. The fraction of sp³-hybridized carbons (Fsp3) is 0.333. The third-order valence-corrected chi connectivity index (χ3v) is 3.17. The average Bonchev–Trinajstić information content (AvgIpc) is 2.80. The van der Waals surface area contributed by atoms with Crippen LogP contribution in [0, 0.1) is 0 Å². The molecule has 0 atom stereocenters. The van der Waals surface area contributed by atoms with Crippen LogP contribution in [-0.2, 0) is 13.1 Å². The van der Waals surface area contributed by atoms with Crippen LogP contribution in [0.2, 0.25) is 0 Å². The van der Waals surface area contributed by atoms with Crippen LogP contribution in [0.5, 0.6) is 0 Å². The van der Waals surface area contributed by atoms with Crippen LogP contribution in [0.25, 0.3) is 11.3 Å². The minimum atomic E-state index is 0.137. The standard InChI is InChI=1S/C12H15BrN4O/c13-10-4-2-9(3-5-10)12-11(8-14)15-16-17(12)6-1-7-18/h2-5,18H,1,6-8,14H2. The molecule has 0 saturated heterocycles. The highest BCUT2D eigenvalue weighted by molar-refractivity contribution is 9.10. The van der Waals surface area contributed by atoms with E-state index in [1.807, 2.05) is 24.3 Å². The largest absolute Gasteiger partial charge is 0.396 e. The minimum absolute atomic E-state index is 0.137. The van der Waals surface area contributed by atoms with E-state index in [1.54, 1.807) is 4.68 Å². The second-order valence-electron chi connectivity index (χ2n) is 3.90. The summed E-state index contributed by atoms with van der Waals surface area (Å²) in [6, 6.07) is 7.94. The maximum atomic E-state index is 8.90. The zero-order valence-electron chi connectivity index (χ0n) is 9.88. The Kier molecular flexibility index (Phi) is 4.46. The fourth-order valence-electron chi connectivity index (χ4n) is 1.79. The van der Waals surface area contributed by atoms with Crippen LogP contribution >= 0.6 is 15.9 Å². The number of rotatable bonds is 5. The highest BCUT2D eigenvalue weighted by Gasteiger charge is 2.13. The molecule has 5 nitrogen and oxygen atoms in total. The summed E-state index contributed by atoms with van der Waals surface area (Å²) in [6.07, 6.45) is 0.650. The first kappa shape index (κ1) is 13.2. The van der Waals surface area contributed by atoms with Crippen molar-refractivity contribution in [3.05, 3.63) is 34.4 Å². The quantitative estimate of drug-likeness (QED) is 0.878. The monoisotopic (exact) mass is 310 g/mol. The molecule has 1 aromatic carbocycles. The number of nitrogens with two attached hydrogens (primary N) is 1. The van der Waals surface area contributed by atoms with Crippen molar-refractivity contribution in [2.75, 3.05) is 6.61 Å². The Bertz CT molecular complexity index is 509. The van der Waals surface area contributed by atoms with E-state index in [0.717, 1.165) is 21.4 Å². The fourth-order valence-corrected chi connectivity index (χ4v) is 2.05. The second-order valence-corrected chi connectivity index (χ2v) is 4.81. The van der Waals surface area contributed by atoms with Gasteiger partial charge in [0.15, 0.2) is 0 Å². The molecule has 1 heterocycles. The average molecular weight is 311 g/mol. The number of aromatic nitrogens is 3. The van der Waals surface area contributed by atoms with Gasteiger partial charge in [-0.05, 0) is 18.6 Å². The van der Waals surface area contributed by atoms with Crippen LogP contribution in [0.3, 0.4) is 0 Å². The normalized spacial score (nSPS) is 10.8. The van der Waals surface area contributed by atoms with Crippen molar-refractivity contribution in [2.45, 2.75) is 19.5 Å². The number of aliphatic hydroxyl groups excluding tert-OH is 1. The molecule has 96 valence electrons. The lowest BCUT2D eigenvalue weighted by Crippen LogP contribution is -2.05. The van der Waals surface area contributed by atoms with Crippen LogP contribution < -0.4 is 5.73 Å². The molecule has 0 fully saturated rings. The third-order valence-electron chi connectivity index (χ3n) is 2.64. The van der Waals surface area contributed by atoms with E-state index < -0.39 is 0 Å². The van der Waals surface area contributed by atoms with Crippen molar-refractivity contribution in [1.82, 2.24) is 15.0 Å². The molecule has 18 heavy (non-hydrogen) atoms. The van der Waals surface area contributed by atoms with E-state index in [1.165, 1.54) is 0 Å². The predicted molar refractivity (Wildman–Crippen MR) is 72.8 cm³/mol. The SMILES string of the molecule is NCc1nnn(CCCO)c1-c1ccc(Br)cc1. The topological polar surface area (TPSA) is 77.0 Å². The Morgan fingerprint density at radius 3 is 2.61 bits per heavy atom. The number of nitrogens with zero attached hydrogens (tertiary/aromatic N) is 3. The Morgan fingerprint density at radius 1 is 1.28 bits per heavy atom. The molecule has 6 heteroatoms. The summed E-state index contributed by atoms with van der Waals surface area (Å²) in [4.78, 5) is 0. The summed E-state index contributed by atoms with van der Waals surface area (Å²) >= 11 is 3.41. The van der Waals surface area contributed by atoms with E-state index in [2.05, 4.69) is 26.2 Å². The molecule has 0 saturated carbocycles. The molecule has 0 aliphatic rings. The van der Waals surface area contributed by atoms with E-state index in [-0.39, 0.29) is 6.61 Å². The Morgan fingerprint density at radius 2 is 2.00 bits per heavy atom. The van der Waals surface area contributed by atoms with Gasteiger partial charge in [-0.2, -0.15) is 0 Å². The first-order chi connectivity index (χ1) is 8.76. The van der Waals surface area contributed by atoms with Gasteiger partial charge >= 0.3 is 0 Å². The van der Waals surface area contributed by atoms with Crippen LogP contribution in [-0.4, -0.2) is 26.7 Å². The summed E-state index contributed by atoms with van der Waals surface area (Å²) in [5.74, 6) is 0. The third kappa shape index (κ3) is 2.77. The van der Waals surface area contributed by atoms with Gasteiger partial charge in [0, 0.05) is 29.7 Å². The number of hydrogen-bond donors (Lipinski definition) is 2. The van der Waals surface area contributed by atoms with Crippen LogP contribution in [0.4, 0.5) is 0 Å².